The number of hydrogen-bond donors (Lipinski definition) is 1. The van der Waals surface area contributed by atoms with Gasteiger partial charge in [-0.15, -0.1) is 0 Å². The van der Waals surface area contributed by atoms with Crippen molar-refractivity contribution in [3.63, 3.8) is 0 Å². The highest BCUT2D eigenvalue weighted by atomic mass is 79.9. The molecule has 1 saturated carbocycles. The Balaban J connectivity index is 2.48. The Morgan fingerprint density at radius 3 is 2.24 bits per heavy atom. The summed E-state index contributed by atoms with van der Waals surface area (Å²) in [5, 5.41) is 10.8. The molecule has 1 atom stereocenters. The molecule has 21 heavy (non-hydrogen) atoms. The quantitative estimate of drug-likeness (QED) is 0.636. The first kappa shape index (κ1) is 16.8. The monoisotopic (exact) mass is 361 g/mol. The molecule has 1 aliphatic rings. The van der Waals surface area contributed by atoms with Crippen molar-refractivity contribution in [2.24, 2.45) is 0 Å². The lowest BCUT2D eigenvalue weighted by atomic mass is 9.79. The molecular formula is C16H22BrF2NO. The van der Waals surface area contributed by atoms with Crippen molar-refractivity contribution >= 4 is 15.9 Å². The fourth-order valence-electron chi connectivity index (χ4n) is 3.37. The van der Waals surface area contributed by atoms with Crippen molar-refractivity contribution in [3.05, 3.63) is 33.8 Å². The molecule has 1 aromatic rings. The van der Waals surface area contributed by atoms with Gasteiger partial charge in [-0.3, -0.25) is 0 Å². The lowest BCUT2D eigenvalue weighted by molar-refractivity contribution is -0.0236. The molecule has 0 saturated heterocycles. The van der Waals surface area contributed by atoms with Gasteiger partial charge in [0.1, 0.15) is 17.7 Å². The van der Waals surface area contributed by atoms with Gasteiger partial charge in [-0.25, -0.2) is 8.78 Å². The summed E-state index contributed by atoms with van der Waals surface area (Å²) >= 11 is 3.08. The van der Waals surface area contributed by atoms with Gasteiger partial charge >= 0.3 is 0 Å². The van der Waals surface area contributed by atoms with Gasteiger partial charge in [0.15, 0.2) is 0 Å². The van der Waals surface area contributed by atoms with Crippen LogP contribution < -0.4 is 0 Å². The predicted molar refractivity (Wildman–Crippen MR) is 83.1 cm³/mol. The number of rotatable bonds is 3. The highest BCUT2D eigenvalue weighted by molar-refractivity contribution is 9.10. The molecule has 118 valence electrons. The predicted octanol–water partition coefficient (Wildman–Crippen LogP) is 4.42. The topological polar surface area (TPSA) is 23.5 Å². The van der Waals surface area contributed by atoms with Gasteiger partial charge in [0.25, 0.3) is 0 Å². The van der Waals surface area contributed by atoms with E-state index in [9.17, 15) is 13.9 Å². The highest BCUT2D eigenvalue weighted by Crippen LogP contribution is 2.43. The molecule has 1 aromatic carbocycles. The summed E-state index contributed by atoms with van der Waals surface area (Å²) in [7, 11) is 3.75. The molecule has 1 fully saturated rings. The fraction of sp³-hybridized carbons (Fsp3) is 0.625. The Bertz CT molecular complexity index is 499. The van der Waals surface area contributed by atoms with Crippen molar-refractivity contribution in [3.8, 4) is 0 Å². The van der Waals surface area contributed by atoms with Gasteiger partial charge in [0, 0.05) is 0 Å². The lowest BCUT2D eigenvalue weighted by Gasteiger charge is -2.43. The van der Waals surface area contributed by atoms with Crippen LogP contribution in [0, 0.1) is 11.6 Å². The minimum Gasteiger partial charge on any atom is -0.386 e. The minimum atomic E-state index is -1.18. The Morgan fingerprint density at radius 1 is 1.14 bits per heavy atom. The molecule has 0 heterocycles. The second-order valence-electron chi connectivity index (χ2n) is 6.07. The van der Waals surface area contributed by atoms with Gasteiger partial charge in [0.05, 0.1) is 15.6 Å². The summed E-state index contributed by atoms with van der Waals surface area (Å²) < 4.78 is 28.6. The van der Waals surface area contributed by atoms with Crippen LogP contribution in [-0.2, 0) is 0 Å². The van der Waals surface area contributed by atoms with E-state index in [0.29, 0.717) is 0 Å². The van der Waals surface area contributed by atoms with Crippen LogP contribution in [0.4, 0.5) is 8.78 Å². The minimum absolute atomic E-state index is 0.181. The summed E-state index contributed by atoms with van der Waals surface area (Å²) in [5.74, 6) is -1.39. The summed E-state index contributed by atoms with van der Waals surface area (Å²) in [6.07, 6.45) is 4.44. The SMILES string of the molecule is CN(C)C1(C(O)c2c(F)ccc(Br)c2F)CCCCCC1. The maximum Gasteiger partial charge on any atom is 0.146 e. The Hall–Kier alpha value is -0.520. The van der Waals surface area contributed by atoms with Crippen molar-refractivity contribution < 1.29 is 13.9 Å². The van der Waals surface area contributed by atoms with Crippen LogP contribution in [0.5, 0.6) is 0 Å². The lowest BCUT2D eigenvalue weighted by Crippen LogP contribution is -2.49. The number of aliphatic hydroxyl groups is 1. The zero-order valence-electron chi connectivity index (χ0n) is 12.5. The molecule has 1 unspecified atom stereocenters. The molecule has 1 N–H and O–H groups in total. The fourth-order valence-corrected chi connectivity index (χ4v) is 3.71. The molecule has 0 spiro atoms. The van der Waals surface area contributed by atoms with Crippen molar-refractivity contribution in [1.29, 1.82) is 0 Å². The van der Waals surface area contributed by atoms with Gasteiger partial charge in [-0.1, -0.05) is 25.7 Å². The molecule has 2 rings (SSSR count). The van der Waals surface area contributed by atoms with Crippen LogP contribution in [0.15, 0.2) is 16.6 Å². The molecule has 0 radical (unpaired) electrons. The molecule has 0 amide bonds. The molecule has 0 aliphatic heterocycles. The van der Waals surface area contributed by atoms with Crippen molar-refractivity contribution in [2.45, 2.75) is 50.2 Å². The van der Waals surface area contributed by atoms with E-state index < -0.39 is 23.3 Å². The van der Waals surface area contributed by atoms with Crippen LogP contribution in [-0.4, -0.2) is 29.6 Å². The van der Waals surface area contributed by atoms with Gasteiger partial charge in [-0.2, -0.15) is 0 Å². The Kier molecular flexibility index (Phi) is 5.38. The molecular weight excluding hydrogens is 340 g/mol. The molecule has 0 bridgehead atoms. The zero-order valence-corrected chi connectivity index (χ0v) is 14.1. The van der Waals surface area contributed by atoms with Crippen LogP contribution in [0.1, 0.15) is 50.2 Å². The van der Waals surface area contributed by atoms with E-state index in [1.165, 1.54) is 12.1 Å². The molecule has 2 nitrogen and oxygen atoms in total. The normalized spacial score (nSPS) is 20.3. The average molecular weight is 362 g/mol. The van der Waals surface area contributed by atoms with Crippen LogP contribution in [0.2, 0.25) is 0 Å². The number of nitrogens with zero attached hydrogens (tertiary/aromatic N) is 1. The van der Waals surface area contributed by atoms with Crippen molar-refractivity contribution in [1.82, 2.24) is 4.90 Å². The number of likely N-dealkylation sites (N-methyl/N-ethyl adjacent to an activating group) is 1. The second kappa shape index (κ2) is 6.71. The first-order valence-electron chi connectivity index (χ1n) is 7.39. The largest absolute Gasteiger partial charge is 0.386 e. The van der Waals surface area contributed by atoms with E-state index in [-0.39, 0.29) is 10.0 Å². The standard InChI is InChI=1S/C16H22BrF2NO/c1-20(2)16(9-5-3-4-6-10-16)15(21)13-12(18)8-7-11(17)14(13)19/h7-8,15,21H,3-6,9-10H2,1-2H3. The molecule has 5 heteroatoms. The van der Waals surface area contributed by atoms with E-state index in [1.54, 1.807) is 0 Å². The number of halogens is 3. The second-order valence-corrected chi connectivity index (χ2v) is 6.93. The smallest absolute Gasteiger partial charge is 0.146 e. The molecule has 0 aromatic heterocycles. The third-order valence-corrected chi connectivity index (χ3v) is 5.33. The van der Waals surface area contributed by atoms with E-state index in [2.05, 4.69) is 15.9 Å². The Labute approximate surface area is 133 Å². The summed E-state index contributed by atoms with van der Waals surface area (Å²) in [6, 6.07) is 2.53. The maximum absolute atomic E-state index is 14.3. The summed E-state index contributed by atoms with van der Waals surface area (Å²) in [6.45, 7) is 0. The Morgan fingerprint density at radius 2 is 1.71 bits per heavy atom. The van der Waals surface area contributed by atoms with Gasteiger partial charge in [0.2, 0.25) is 0 Å². The third kappa shape index (κ3) is 3.15. The van der Waals surface area contributed by atoms with E-state index in [4.69, 9.17) is 0 Å². The van der Waals surface area contributed by atoms with Gasteiger partial charge < -0.3 is 10.0 Å². The summed E-state index contributed by atoms with van der Waals surface area (Å²) in [5.41, 5.74) is -0.834. The molecule has 1 aliphatic carbocycles. The first-order chi connectivity index (χ1) is 9.90. The first-order valence-corrected chi connectivity index (χ1v) is 8.18. The van der Waals surface area contributed by atoms with Crippen molar-refractivity contribution in [2.75, 3.05) is 14.1 Å². The average Bonchev–Trinajstić information content (AvgIpc) is 2.70. The van der Waals surface area contributed by atoms with Crippen LogP contribution >= 0.6 is 15.9 Å². The highest BCUT2D eigenvalue weighted by Gasteiger charge is 2.43. The number of hydrogen-bond acceptors (Lipinski definition) is 2. The summed E-state index contributed by atoms with van der Waals surface area (Å²) in [4.78, 5) is 1.93. The van der Waals surface area contributed by atoms with Gasteiger partial charge in [-0.05, 0) is 55.0 Å². The maximum atomic E-state index is 14.3. The van der Waals surface area contributed by atoms with E-state index in [1.807, 2.05) is 19.0 Å². The number of benzene rings is 1. The van der Waals surface area contributed by atoms with E-state index in [0.717, 1.165) is 38.5 Å². The zero-order chi connectivity index (χ0) is 15.6. The van der Waals surface area contributed by atoms with E-state index >= 15 is 0 Å². The number of aliphatic hydroxyl groups excluding tert-OH is 1. The van der Waals surface area contributed by atoms with Crippen LogP contribution in [0.25, 0.3) is 0 Å². The third-order valence-electron chi connectivity index (χ3n) is 4.72. The van der Waals surface area contributed by atoms with Crippen LogP contribution in [0.3, 0.4) is 0 Å².